The van der Waals surface area contributed by atoms with Gasteiger partial charge < -0.3 is 9.47 Å². The van der Waals surface area contributed by atoms with Crippen molar-refractivity contribution in [3.8, 4) is 0 Å². The van der Waals surface area contributed by atoms with Crippen LogP contribution in [-0.2, 0) is 6.54 Å². The minimum Gasteiger partial charge on any atom is -0.338 e. The van der Waals surface area contributed by atoms with Gasteiger partial charge in [0.05, 0.1) is 17.5 Å². The zero-order valence-corrected chi connectivity index (χ0v) is 13.0. The average Bonchev–Trinajstić information content (AvgIpc) is 2.55. The molecule has 1 amide bonds. The summed E-state index contributed by atoms with van der Waals surface area (Å²) < 4.78 is 1.87. The van der Waals surface area contributed by atoms with Gasteiger partial charge in [-0.3, -0.25) is 9.59 Å². The van der Waals surface area contributed by atoms with Crippen LogP contribution in [0.15, 0.2) is 35.3 Å². The van der Waals surface area contributed by atoms with Crippen molar-refractivity contribution in [3.63, 3.8) is 0 Å². The summed E-state index contributed by atoms with van der Waals surface area (Å²) in [4.78, 5) is 26.7. The van der Waals surface area contributed by atoms with Crippen molar-refractivity contribution in [1.82, 2.24) is 19.7 Å². The van der Waals surface area contributed by atoms with Crippen LogP contribution in [0.4, 0.5) is 0 Å². The fourth-order valence-corrected chi connectivity index (χ4v) is 3.84. The predicted molar refractivity (Wildman–Crippen MR) is 84.2 cm³/mol. The highest BCUT2D eigenvalue weighted by Gasteiger charge is 2.36. The van der Waals surface area contributed by atoms with E-state index < -0.39 is 0 Å². The van der Waals surface area contributed by atoms with Gasteiger partial charge in [-0.05, 0) is 31.4 Å². The second kappa shape index (κ2) is 5.30. The molecule has 23 heavy (non-hydrogen) atoms. The Labute approximate surface area is 133 Å². The normalized spacial score (nSPS) is 22.6. The summed E-state index contributed by atoms with van der Waals surface area (Å²) in [6, 6.07) is 7.21. The van der Waals surface area contributed by atoms with E-state index in [1.807, 2.05) is 28.5 Å². The van der Waals surface area contributed by atoms with Gasteiger partial charge in [-0.25, -0.2) is 0 Å². The van der Waals surface area contributed by atoms with Crippen molar-refractivity contribution in [2.24, 2.45) is 5.92 Å². The molecule has 2 aromatic rings. The molecule has 4 rings (SSSR count). The Balaban J connectivity index is 1.63. The molecule has 0 radical (unpaired) electrons. The van der Waals surface area contributed by atoms with Crippen molar-refractivity contribution < 1.29 is 4.79 Å². The molecule has 2 atom stereocenters. The van der Waals surface area contributed by atoms with Crippen LogP contribution in [0.3, 0.4) is 0 Å². The summed E-state index contributed by atoms with van der Waals surface area (Å²) in [7, 11) is 0. The third kappa shape index (κ3) is 2.44. The second-order valence-corrected chi connectivity index (χ2v) is 6.49. The zero-order valence-electron chi connectivity index (χ0n) is 13.0. The van der Waals surface area contributed by atoms with Gasteiger partial charge in [-0.1, -0.05) is 6.07 Å². The largest absolute Gasteiger partial charge is 0.338 e. The smallest absolute Gasteiger partial charge is 0.255 e. The van der Waals surface area contributed by atoms with E-state index in [2.05, 4.69) is 10.2 Å². The molecule has 2 aromatic heterocycles. The van der Waals surface area contributed by atoms with Gasteiger partial charge in [0, 0.05) is 37.3 Å². The zero-order chi connectivity index (χ0) is 16.0. The molecule has 6 heteroatoms. The SMILES string of the molecule is Cc1cc(C(=O)N2C[C@@H]3C[C@H](C2)c2cccc(=O)n2C3)cnn1. The first kappa shape index (κ1) is 14.1. The Morgan fingerprint density at radius 1 is 1.26 bits per heavy atom. The predicted octanol–water partition coefficient (Wildman–Crippen LogP) is 1.21. The number of nitrogens with zero attached hydrogens (tertiary/aromatic N) is 4. The molecule has 2 aliphatic heterocycles. The molecular formula is C17H18N4O2. The van der Waals surface area contributed by atoms with Crippen LogP contribution in [0.1, 0.15) is 34.1 Å². The first-order valence-electron chi connectivity index (χ1n) is 7.90. The minimum atomic E-state index is 0.00410. The quantitative estimate of drug-likeness (QED) is 0.794. The Morgan fingerprint density at radius 3 is 2.96 bits per heavy atom. The van der Waals surface area contributed by atoms with Crippen molar-refractivity contribution in [2.45, 2.75) is 25.8 Å². The second-order valence-electron chi connectivity index (χ2n) is 6.49. The van der Waals surface area contributed by atoms with Gasteiger partial charge in [0.25, 0.3) is 11.5 Å². The van der Waals surface area contributed by atoms with Crippen molar-refractivity contribution in [2.75, 3.05) is 13.1 Å². The maximum atomic E-state index is 12.8. The van der Waals surface area contributed by atoms with E-state index in [4.69, 9.17) is 0 Å². The molecule has 2 bridgehead atoms. The third-order valence-corrected chi connectivity index (χ3v) is 4.79. The third-order valence-electron chi connectivity index (χ3n) is 4.79. The molecule has 6 nitrogen and oxygen atoms in total. The fraction of sp³-hybridized carbons (Fsp3) is 0.412. The lowest BCUT2D eigenvalue weighted by molar-refractivity contribution is 0.0594. The number of aryl methyl sites for hydroxylation is 1. The highest BCUT2D eigenvalue weighted by molar-refractivity contribution is 5.94. The molecule has 0 saturated carbocycles. The number of likely N-dealkylation sites (tertiary alicyclic amines) is 1. The Morgan fingerprint density at radius 2 is 2.13 bits per heavy atom. The van der Waals surface area contributed by atoms with Crippen molar-refractivity contribution in [1.29, 1.82) is 0 Å². The van der Waals surface area contributed by atoms with Crippen LogP contribution in [0.5, 0.6) is 0 Å². The number of amides is 1. The summed E-state index contributed by atoms with van der Waals surface area (Å²) in [6.07, 6.45) is 2.57. The van der Waals surface area contributed by atoms with Gasteiger partial charge in [0.1, 0.15) is 0 Å². The number of piperidine rings is 1. The van der Waals surface area contributed by atoms with E-state index in [1.54, 1.807) is 12.1 Å². The number of pyridine rings is 1. The summed E-state index contributed by atoms with van der Waals surface area (Å²) in [6.45, 7) is 3.87. The van der Waals surface area contributed by atoms with Gasteiger partial charge in [-0.2, -0.15) is 10.2 Å². The van der Waals surface area contributed by atoms with Gasteiger partial charge in [0.2, 0.25) is 0 Å². The van der Waals surface area contributed by atoms with Crippen LogP contribution in [0.25, 0.3) is 0 Å². The number of hydrogen-bond donors (Lipinski definition) is 0. The molecule has 0 unspecified atom stereocenters. The van der Waals surface area contributed by atoms with E-state index in [0.717, 1.165) is 17.8 Å². The molecular weight excluding hydrogens is 292 g/mol. The Bertz CT molecular complexity index is 829. The molecule has 0 N–H and O–H groups in total. The molecule has 2 aliphatic rings. The average molecular weight is 310 g/mol. The standard InChI is InChI=1S/C17H18N4O2/c1-11-5-13(7-18-19-11)17(23)20-8-12-6-14(10-20)15-3-2-4-16(22)21(15)9-12/h2-5,7,12,14H,6,8-10H2,1H3/t12-,14+/m0/s1. The summed E-state index contributed by atoms with van der Waals surface area (Å²) >= 11 is 0. The topological polar surface area (TPSA) is 68.1 Å². The van der Waals surface area contributed by atoms with E-state index in [-0.39, 0.29) is 17.4 Å². The number of aromatic nitrogens is 3. The lowest BCUT2D eigenvalue weighted by Gasteiger charge is -2.42. The molecule has 1 saturated heterocycles. The molecule has 118 valence electrons. The molecule has 0 spiro atoms. The van der Waals surface area contributed by atoms with Crippen LogP contribution in [0, 0.1) is 12.8 Å². The number of carbonyl (C=O) groups is 1. The van der Waals surface area contributed by atoms with Crippen molar-refractivity contribution >= 4 is 5.91 Å². The first-order chi connectivity index (χ1) is 11.1. The van der Waals surface area contributed by atoms with Crippen LogP contribution < -0.4 is 5.56 Å². The van der Waals surface area contributed by atoms with E-state index >= 15 is 0 Å². The monoisotopic (exact) mass is 310 g/mol. The van der Waals surface area contributed by atoms with Gasteiger partial charge in [0.15, 0.2) is 0 Å². The first-order valence-corrected chi connectivity index (χ1v) is 7.90. The number of hydrogen-bond acceptors (Lipinski definition) is 4. The lowest BCUT2D eigenvalue weighted by atomic mass is 9.83. The van der Waals surface area contributed by atoms with E-state index in [1.165, 1.54) is 6.20 Å². The summed E-state index contributed by atoms with van der Waals surface area (Å²) in [5.41, 5.74) is 2.44. The summed E-state index contributed by atoms with van der Waals surface area (Å²) in [5.74, 6) is 0.571. The highest BCUT2D eigenvalue weighted by Crippen LogP contribution is 2.35. The van der Waals surface area contributed by atoms with Crippen LogP contribution in [0.2, 0.25) is 0 Å². The fourth-order valence-electron chi connectivity index (χ4n) is 3.84. The number of carbonyl (C=O) groups excluding carboxylic acids is 1. The molecule has 1 fully saturated rings. The Hall–Kier alpha value is -2.50. The highest BCUT2D eigenvalue weighted by atomic mass is 16.2. The Kier molecular flexibility index (Phi) is 3.25. The van der Waals surface area contributed by atoms with E-state index in [0.29, 0.717) is 31.1 Å². The molecule has 4 heterocycles. The van der Waals surface area contributed by atoms with Crippen molar-refractivity contribution in [3.05, 3.63) is 57.8 Å². The van der Waals surface area contributed by atoms with Crippen LogP contribution in [-0.4, -0.2) is 38.7 Å². The summed E-state index contributed by atoms with van der Waals surface area (Å²) in [5, 5.41) is 7.78. The number of fused-ring (bicyclic) bond motifs is 4. The maximum absolute atomic E-state index is 12.8. The molecule has 0 aromatic carbocycles. The van der Waals surface area contributed by atoms with Gasteiger partial charge >= 0.3 is 0 Å². The van der Waals surface area contributed by atoms with Crippen LogP contribution >= 0.6 is 0 Å². The number of rotatable bonds is 1. The van der Waals surface area contributed by atoms with E-state index in [9.17, 15) is 9.59 Å². The lowest BCUT2D eigenvalue weighted by Crippen LogP contribution is -2.49. The maximum Gasteiger partial charge on any atom is 0.255 e. The molecule has 0 aliphatic carbocycles. The van der Waals surface area contributed by atoms with Gasteiger partial charge in [-0.15, -0.1) is 0 Å². The minimum absolute atomic E-state index is 0.00410.